The van der Waals surface area contributed by atoms with Crippen LogP contribution in [0.3, 0.4) is 0 Å². The minimum absolute atomic E-state index is 0.266. The molecule has 18 heavy (non-hydrogen) atoms. The van der Waals surface area contributed by atoms with Crippen LogP contribution < -0.4 is 0 Å². The maximum atomic E-state index is 13.8. The number of hydrogen-bond acceptors (Lipinski definition) is 0. The summed E-state index contributed by atoms with van der Waals surface area (Å²) in [6.45, 7) is 2.04. The van der Waals surface area contributed by atoms with E-state index in [4.69, 9.17) is 11.6 Å². The first kappa shape index (κ1) is 13.6. The third kappa shape index (κ3) is 2.93. The maximum absolute atomic E-state index is 13.8. The number of rotatable bonds is 3. The molecule has 0 spiro atoms. The molecule has 0 saturated carbocycles. The van der Waals surface area contributed by atoms with Crippen LogP contribution in [0.2, 0.25) is 0 Å². The fraction of sp³-hybridized carbons (Fsp3) is 0.200. The molecule has 0 aliphatic heterocycles. The predicted octanol–water partition coefficient (Wildman–Crippen LogP) is 5.42. The molecule has 2 aromatic carbocycles. The summed E-state index contributed by atoms with van der Waals surface area (Å²) in [7, 11) is 0. The van der Waals surface area contributed by atoms with Gasteiger partial charge in [-0.2, -0.15) is 0 Å². The molecule has 94 valence electrons. The number of aryl methyl sites for hydroxylation is 1. The fourth-order valence-electron chi connectivity index (χ4n) is 1.94. The van der Waals surface area contributed by atoms with Gasteiger partial charge in [0.25, 0.3) is 0 Å². The highest BCUT2D eigenvalue weighted by atomic mass is 79.9. The van der Waals surface area contributed by atoms with Crippen molar-refractivity contribution in [3.63, 3.8) is 0 Å². The van der Waals surface area contributed by atoms with E-state index in [2.05, 4.69) is 15.9 Å². The van der Waals surface area contributed by atoms with Crippen LogP contribution in [-0.4, -0.2) is 0 Å². The quantitative estimate of drug-likeness (QED) is 0.660. The molecule has 0 heterocycles. The number of hydrogen-bond donors (Lipinski definition) is 0. The molecule has 0 bridgehead atoms. The number of benzene rings is 2. The van der Waals surface area contributed by atoms with Gasteiger partial charge >= 0.3 is 0 Å². The van der Waals surface area contributed by atoms with Crippen molar-refractivity contribution in [3.05, 3.63) is 69.4 Å². The highest BCUT2D eigenvalue weighted by Crippen LogP contribution is 2.33. The molecule has 0 aliphatic rings. The van der Waals surface area contributed by atoms with Crippen molar-refractivity contribution in [1.82, 2.24) is 0 Å². The first-order valence-electron chi connectivity index (χ1n) is 5.72. The summed E-state index contributed by atoms with van der Waals surface area (Å²) in [6.07, 6.45) is 0.619. The Morgan fingerprint density at radius 2 is 1.89 bits per heavy atom. The van der Waals surface area contributed by atoms with E-state index in [9.17, 15) is 4.39 Å². The van der Waals surface area contributed by atoms with Crippen LogP contribution in [0.4, 0.5) is 4.39 Å². The highest BCUT2D eigenvalue weighted by Gasteiger charge is 2.17. The van der Waals surface area contributed by atoms with Crippen LogP contribution in [0.1, 0.15) is 22.1 Å². The van der Waals surface area contributed by atoms with Gasteiger partial charge in [-0.25, -0.2) is 4.39 Å². The molecule has 0 aliphatic carbocycles. The SMILES string of the molecule is Cc1ccccc1CC(Cl)c1c(F)cccc1Br. The minimum Gasteiger partial charge on any atom is -0.207 e. The average Bonchev–Trinajstić information content (AvgIpc) is 2.32. The Bertz CT molecular complexity index is 534. The van der Waals surface area contributed by atoms with Gasteiger partial charge in [0.2, 0.25) is 0 Å². The van der Waals surface area contributed by atoms with Crippen molar-refractivity contribution in [2.24, 2.45) is 0 Å². The van der Waals surface area contributed by atoms with E-state index < -0.39 is 0 Å². The van der Waals surface area contributed by atoms with Gasteiger partial charge in [0, 0.05) is 10.0 Å². The normalized spacial score (nSPS) is 12.4. The summed E-state index contributed by atoms with van der Waals surface area (Å²) < 4.78 is 14.5. The first-order valence-corrected chi connectivity index (χ1v) is 6.95. The van der Waals surface area contributed by atoms with Gasteiger partial charge in [0.1, 0.15) is 5.82 Å². The van der Waals surface area contributed by atoms with Gasteiger partial charge < -0.3 is 0 Å². The van der Waals surface area contributed by atoms with E-state index in [1.807, 2.05) is 37.3 Å². The maximum Gasteiger partial charge on any atom is 0.129 e. The molecule has 0 N–H and O–H groups in total. The molecule has 1 unspecified atom stereocenters. The third-order valence-electron chi connectivity index (χ3n) is 2.97. The highest BCUT2D eigenvalue weighted by molar-refractivity contribution is 9.10. The van der Waals surface area contributed by atoms with Crippen molar-refractivity contribution in [2.45, 2.75) is 18.7 Å². The van der Waals surface area contributed by atoms with E-state index >= 15 is 0 Å². The van der Waals surface area contributed by atoms with Gasteiger partial charge in [-0.15, -0.1) is 11.6 Å². The Morgan fingerprint density at radius 1 is 1.17 bits per heavy atom. The molecule has 2 aromatic rings. The number of halogens is 3. The topological polar surface area (TPSA) is 0 Å². The van der Waals surface area contributed by atoms with Crippen molar-refractivity contribution < 1.29 is 4.39 Å². The predicted molar refractivity (Wildman–Crippen MR) is 77.6 cm³/mol. The van der Waals surface area contributed by atoms with Crippen molar-refractivity contribution in [2.75, 3.05) is 0 Å². The van der Waals surface area contributed by atoms with E-state index in [-0.39, 0.29) is 11.2 Å². The molecule has 3 heteroatoms. The fourth-order valence-corrected chi connectivity index (χ4v) is 3.08. The summed E-state index contributed by atoms with van der Waals surface area (Å²) in [5.74, 6) is -0.266. The van der Waals surface area contributed by atoms with E-state index in [1.54, 1.807) is 6.07 Å². The van der Waals surface area contributed by atoms with Crippen LogP contribution in [-0.2, 0) is 6.42 Å². The van der Waals surface area contributed by atoms with Crippen LogP contribution in [0.5, 0.6) is 0 Å². The lowest BCUT2D eigenvalue weighted by atomic mass is 10.00. The molecule has 2 rings (SSSR count). The third-order valence-corrected chi connectivity index (χ3v) is 4.04. The van der Waals surface area contributed by atoms with Gasteiger partial charge in [-0.1, -0.05) is 46.3 Å². The first-order chi connectivity index (χ1) is 8.59. The Morgan fingerprint density at radius 3 is 2.56 bits per heavy atom. The van der Waals surface area contributed by atoms with Gasteiger partial charge in [0.15, 0.2) is 0 Å². The summed E-state index contributed by atoms with van der Waals surface area (Å²) in [6, 6.07) is 12.9. The lowest BCUT2D eigenvalue weighted by Gasteiger charge is -2.14. The van der Waals surface area contributed by atoms with Crippen LogP contribution in [0.25, 0.3) is 0 Å². The largest absolute Gasteiger partial charge is 0.207 e. The average molecular weight is 328 g/mol. The molecule has 0 saturated heterocycles. The molecule has 0 radical (unpaired) electrons. The Hall–Kier alpha value is -0.860. The summed E-state index contributed by atoms with van der Waals surface area (Å²) >= 11 is 9.71. The molecule has 0 aromatic heterocycles. The second-order valence-electron chi connectivity index (χ2n) is 4.23. The molecule has 1 atom stereocenters. The van der Waals surface area contributed by atoms with E-state index in [0.717, 1.165) is 10.0 Å². The van der Waals surface area contributed by atoms with Gasteiger partial charge in [0.05, 0.1) is 5.38 Å². The van der Waals surface area contributed by atoms with E-state index in [0.29, 0.717) is 12.0 Å². The Kier molecular flexibility index (Phi) is 4.41. The van der Waals surface area contributed by atoms with E-state index in [1.165, 1.54) is 11.6 Å². The zero-order valence-electron chi connectivity index (χ0n) is 9.96. The Balaban J connectivity index is 2.28. The monoisotopic (exact) mass is 326 g/mol. The van der Waals surface area contributed by atoms with Crippen LogP contribution in [0, 0.1) is 12.7 Å². The molecule has 0 amide bonds. The standard InChI is InChI=1S/C15H13BrClF/c1-10-5-2-3-6-11(10)9-13(17)15-12(16)7-4-8-14(15)18/h2-8,13H,9H2,1H3. The number of alkyl halides is 1. The molecule has 0 nitrogen and oxygen atoms in total. The second-order valence-corrected chi connectivity index (χ2v) is 5.61. The Labute approximate surface area is 120 Å². The summed E-state index contributed by atoms with van der Waals surface area (Å²) in [5, 5.41) is -0.373. The van der Waals surface area contributed by atoms with Crippen LogP contribution >= 0.6 is 27.5 Å². The van der Waals surface area contributed by atoms with Crippen LogP contribution in [0.15, 0.2) is 46.9 Å². The zero-order valence-corrected chi connectivity index (χ0v) is 12.3. The lowest BCUT2D eigenvalue weighted by Crippen LogP contribution is -2.01. The molecular weight excluding hydrogens is 315 g/mol. The van der Waals surface area contributed by atoms with Crippen molar-refractivity contribution >= 4 is 27.5 Å². The molecular formula is C15H13BrClF. The van der Waals surface area contributed by atoms with Crippen molar-refractivity contribution in [1.29, 1.82) is 0 Å². The van der Waals surface area contributed by atoms with Crippen molar-refractivity contribution in [3.8, 4) is 0 Å². The van der Waals surface area contributed by atoms with Gasteiger partial charge in [-0.05, 0) is 36.6 Å². The molecule has 0 fully saturated rings. The summed E-state index contributed by atoms with van der Waals surface area (Å²) in [5.41, 5.74) is 2.85. The summed E-state index contributed by atoms with van der Waals surface area (Å²) in [4.78, 5) is 0. The minimum atomic E-state index is -0.373. The smallest absolute Gasteiger partial charge is 0.129 e. The zero-order chi connectivity index (χ0) is 13.1. The lowest BCUT2D eigenvalue weighted by molar-refractivity contribution is 0.604. The second kappa shape index (κ2) is 5.85. The van der Waals surface area contributed by atoms with Gasteiger partial charge in [-0.3, -0.25) is 0 Å².